The third-order valence-corrected chi connectivity index (χ3v) is 3.81. The average molecular weight is 268 g/mol. The number of para-hydroxylation sites is 1. The molecule has 0 spiro atoms. The summed E-state index contributed by atoms with van der Waals surface area (Å²) in [7, 11) is 2.13. The van der Waals surface area contributed by atoms with Crippen LogP contribution in [0.1, 0.15) is 29.2 Å². The molecule has 2 aromatic rings. The number of nitrogens with zero attached hydrogens (tertiary/aromatic N) is 1. The van der Waals surface area contributed by atoms with Gasteiger partial charge in [0.15, 0.2) is 0 Å². The van der Waals surface area contributed by atoms with E-state index >= 15 is 0 Å². The van der Waals surface area contributed by atoms with E-state index in [1.54, 1.807) is 0 Å². The highest BCUT2D eigenvalue weighted by Crippen LogP contribution is 2.20. The van der Waals surface area contributed by atoms with Crippen LogP contribution in [0.15, 0.2) is 48.5 Å². The summed E-state index contributed by atoms with van der Waals surface area (Å²) >= 11 is 0. The molecule has 2 heteroatoms. The highest BCUT2D eigenvalue weighted by molar-refractivity contribution is 5.52. The summed E-state index contributed by atoms with van der Waals surface area (Å²) in [6, 6.07) is 17.1. The van der Waals surface area contributed by atoms with Gasteiger partial charge in [-0.3, -0.25) is 0 Å². The molecule has 0 aliphatic heterocycles. The maximum Gasteiger partial charge on any atom is 0.0393 e. The van der Waals surface area contributed by atoms with Gasteiger partial charge in [-0.1, -0.05) is 48.0 Å². The zero-order valence-corrected chi connectivity index (χ0v) is 12.6. The molecule has 2 aromatic carbocycles. The Morgan fingerprint density at radius 2 is 1.65 bits per heavy atom. The maximum atomic E-state index is 6.28. The summed E-state index contributed by atoms with van der Waals surface area (Å²) in [6.45, 7) is 5.20. The molecule has 0 bridgehead atoms. The summed E-state index contributed by atoms with van der Waals surface area (Å²) in [6.07, 6.45) is 0.952. The van der Waals surface area contributed by atoms with Crippen LogP contribution in [0.2, 0.25) is 0 Å². The lowest BCUT2D eigenvalue weighted by Crippen LogP contribution is -2.23. The van der Waals surface area contributed by atoms with Gasteiger partial charge in [-0.2, -0.15) is 0 Å². The van der Waals surface area contributed by atoms with Crippen molar-refractivity contribution in [2.45, 2.75) is 26.3 Å². The molecular formula is C18H24N2. The monoisotopic (exact) mass is 268 g/mol. The summed E-state index contributed by atoms with van der Waals surface area (Å²) in [5, 5.41) is 0. The Morgan fingerprint density at radius 1 is 1.00 bits per heavy atom. The van der Waals surface area contributed by atoms with Gasteiger partial charge >= 0.3 is 0 Å². The molecule has 0 aliphatic rings. The van der Waals surface area contributed by atoms with Crippen molar-refractivity contribution >= 4 is 5.69 Å². The number of benzene rings is 2. The minimum absolute atomic E-state index is 0.0991. The number of hydrogen-bond donors (Lipinski definition) is 1. The summed E-state index contributed by atoms with van der Waals surface area (Å²) in [5.41, 5.74) is 11.4. The van der Waals surface area contributed by atoms with Gasteiger partial charge in [-0.15, -0.1) is 0 Å². The van der Waals surface area contributed by atoms with Crippen LogP contribution < -0.4 is 10.6 Å². The molecule has 0 fully saturated rings. The maximum absolute atomic E-state index is 6.28. The minimum Gasteiger partial charge on any atom is -0.374 e. The van der Waals surface area contributed by atoms with E-state index in [0.29, 0.717) is 0 Å². The average Bonchev–Trinajstić information content (AvgIpc) is 2.45. The van der Waals surface area contributed by atoms with Gasteiger partial charge in [-0.05, 0) is 37.5 Å². The zero-order chi connectivity index (χ0) is 14.5. The quantitative estimate of drug-likeness (QED) is 0.893. The van der Waals surface area contributed by atoms with Gasteiger partial charge in [0.2, 0.25) is 0 Å². The molecule has 0 aliphatic carbocycles. The van der Waals surface area contributed by atoms with E-state index in [2.05, 4.69) is 74.3 Å². The molecule has 0 radical (unpaired) electrons. The van der Waals surface area contributed by atoms with E-state index < -0.39 is 0 Å². The van der Waals surface area contributed by atoms with Crippen molar-refractivity contribution in [1.82, 2.24) is 0 Å². The van der Waals surface area contributed by atoms with Gasteiger partial charge in [0, 0.05) is 25.3 Å². The fraction of sp³-hybridized carbons (Fsp3) is 0.333. The lowest BCUT2D eigenvalue weighted by molar-refractivity contribution is 0.645. The summed E-state index contributed by atoms with van der Waals surface area (Å²) in [5.74, 6) is 0. The van der Waals surface area contributed by atoms with E-state index in [9.17, 15) is 0 Å². The third-order valence-electron chi connectivity index (χ3n) is 3.81. The summed E-state index contributed by atoms with van der Waals surface area (Å²) < 4.78 is 0. The van der Waals surface area contributed by atoms with Crippen LogP contribution in [-0.2, 0) is 0 Å². The highest BCUT2D eigenvalue weighted by atomic mass is 15.1. The molecule has 2 nitrogen and oxygen atoms in total. The predicted molar refractivity (Wildman–Crippen MR) is 87.2 cm³/mol. The molecule has 2 rings (SSSR count). The second-order valence-electron chi connectivity index (χ2n) is 5.51. The molecule has 0 amide bonds. The first-order valence-corrected chi connectivity index (χ1v) is 7.17. The number of hydrogen-bond acceptors (Lipinski definition) is 2. The topological polar surface area (TPSA) is 29.3 Å². The molecule has 0 aromatic heterocycles. The van der Waals surface area contributed by atoms with Crippen LogP contribution in [-0.4, -0.2) is 13.6 Å². The first kappa shape index (κ1) is 14.6. The Bertz CT molecular complexity index is 546. The normalized spacial score (nSPS) is 12.2. The number of rotatable bonds is 5. The van der Waals surface area contributed by atoms with Crippen LogP contribution in [0.5, 0.6) is 0 Å². The third kappa shape index (κ3) is 3.61. The molecular weight excluding hydrogens is 244 g/mol. The van der Waals surface area contributed by atoms with Crippen molar-refractivity contribution in [2.75, 3.05) is 18.5 Å². The Kier molecular flexibility index (Phi) is 4.80. The van der Waals surface area contributed by atoms with Crippen molar-refractivity contribution in [3.63, 3.8) is 0 Å². The number of nitrogens with two attached hydrogens (primary N) is 1. The van der Waals surface area contributed by atoms with E-state index in [4.69, 9.17) is 5.73 Å². The molecule has 2 N–H and O–H groups in total. The Balaban J connectivity index is 1.95. The lowest BCUT2D eigenvalue weighted by atomic mass is 10.0. The molecule has 0 heterocycles. The smallest absolute Gasteiger partial charge is 0.0393 e. The van der Waals surface area contributed by atoms with Crippen LogP contribution in [0.4, 0.5) is 5.69 Å². The molecule has 0 saturated carbocycles. The van der Waals surface area contributed by atoms with Crippen LogP contribution >= 0.6 is 0 Å². The SMILES string of the molecule is Cc1ccc(C(N)CCN(C)c2ccccc2C)cc1. The lowest BCUT2D eigenvalue weighted by Gasteiger charge is -2.23. The molecule has 0 saturated heterocycles. The first-order chi connectivity index (χ1) is 9.58. The standard InChI is InChI=1S/C18H24N2/c1-14-8-10-16(11-9-14)17(19)12-13-20(3)18-7-5-4-6-15(18)2/h4-11,17H,12-13,19H2,1-3H3. The van der Waals surface area contributed by atoms with Crippen molar-refractivity contribution in [3.8, 4) is 0 Å². The second kappa shape index (κ2) is 6.58. The van der Waals surface area contributed by atoms with Gasteiger partial charge in [0.1, 0.15) is 0 Å². The van der Waals surface area contributed by atoms with Crippen molar-refractivity contribution in [2.24, 2.45) is 5.73 Å². The van der Waals surface area contributed by atoms with Crippen molar-refractivity contribution in [3.05, 3.63) is 65.2 Å². The van der Waals surface area contributed by atoms with Crippen LogP contribution in [0.25, 0.3) is 0 Å². The first-order valence-electron chi connectivity index (χ1n) is 7.17. The van der Waals surface area contributed by atoms with Crippen LogP contribution in [0.3, 0.4) is 0 Å². The fourth-order valence-corrected chi connectivity index (χ4v) is 2.43. The van der Waals surface area contributed by atoms with E-state index in [1.165, 1.54) is 22.4 Å². The predicted octanol–water partition coefficient (Wildman–Crippen LogP) is 3.83. The minimum atomic E-state index is 0.0991. The molecule has 106 valence electrons. The van der Waals surface area contributed by atoms with Gasteiger partial charge in [0.05, 0.1) is 0 Å². The Morgan fingerprint density at radius 3 is 2.30 bits per heavy atom. The fourth-order valence-electron chi connectivity index (χ4n) is 2.43. The summed E-state index contributed by atoms with van der Waals surface area (Å²) in [4.78, 5) is 2.28. The van der Waals surface area contributed by atoms with Crippen molar-refractivity contribution < 1.29 is 0 Å². The van der Waals surface area contributed by atoms with E-state index in [-0.39, 0.29) is 6.04 Å². The Labute approximate surface area is 122 Å². The van der Waals surface area contributed by atoms with Gasteiger partial charge in [-0.25, -0.2) is 0 Å². The van der Waals surface area contributed by atoms with Crippen LogP contribution in [0, 0.1) is 13.8 Å². The van der Waals surface area contributed by atoms with E-state index in [1.807, 2.05) is 0 Å². The number of anilines is 1. The molecule has 20 heavy (non-hydrogen) atoms. The second-order valence-corrected chi connectivity index (χ2v) is 5.51. The number of aryl methyl sites for hydroxylation is 2. The molecule has 1 atom stereocenters. The molecule has 1 unspecified atom stereocenters. The zero-order valence-electron chi connectivity index (χ0n) is 12.6. The highest BCUT2D eigenvalue weighted by Gasteiger charge is 2.09. The Hall–Kier alpha value is -1.80. The van der Waals surface area contributed by atoms with Gasteiger partial charge in [0.25, 0.3) is 0 Å². The van der Waals surface area contributed by atoms with Crippen molar-refractivity contribution in [1.29, 1.82) is 0 Å². The largest absolute Gasteiger partial charge is 0.374 e. The van der Waals surface area contributed by atoms with E-state index in [0.717, 1.165) is 13.0 Å². The van der Waals surface area contributed by atoms with Gasteiger partial charge < -0.3 is 10.6 Å².